The maximum atomic E-state index is 13.2. The van der Waals surface area contributed by atoms with Gasteiger partial charge in [0.05, 0.1) is 34.4 Å². The summed E-state index contributed by atoms with van der Waals surface area (Å²) in [6.07, 6.45) is 1.74. The summed E-state index contributed by atoms with van der Waals surface area (Å²) in [5, 5.41) is 5.58. The Bertz CT molecular complexity index is 1230. The number of carbonyl (C=O) groups is 3. The van der Waals surface area contributed by atoms with Crippen molar-refractivity contribution in [2.75, 3.05) is 35.0 Å². The highest BCUT2D eigenvalue weighted by atomic mass is 16.5. The Morgan fingerprint density at radius 1 is 0.875 bits per heavy atom. The molecule has 2 aromatic rings. The van der Waals surface area contributed by atoms with Crippen molar-refractivity contribution in [2.45, 2.75) is 26.3 Å². The highest BCUT2D eigenvalue weighted by Gasteiger charge is 2.27. The second-order valence-corrected chi connectivity index (χ2v) is 9.07. The number of amides is 2. The number of benzene rings is 2. The van der Waals surface area contributed by atoms with Gasteiger partial charge < -0.3 is 29.6 Å². The number of carbonyl (C=O) groups excluding carboxylic acids is 3. The minimum absolute atomic E-state index is 0.0554. The Morgan fingerprint density at radius 2 is 1.50 bits per heavy atom. The molecule has 2 rings (SSSR count). The van der Waals surface area contributed by atoms with Crippen LogP contribution >= 0.6 is 0 Å². The van der Waals surface area contributed by atoms with Gasteiger partial charge in [0.15, 0.2) is 11.5 Å². The highest BCUT2D eigenvalue weighted by Crippen LogP contribution is 2.20. The number of esters is 1. The van der Waals surface area contributed by atoms with Crippen LogP contribution in [0.15, 0.2) is 90.1 Å². The Labute approximate surface area is 235 Å². The SMILES string of the molecule is C=C(OC)/C(OC)=C(\C=C(/C)CNC(=O)[C@H](C[C@H](C)C(=O)OC)NC(=O)c1ccc(-c2ccccc2)cc1)OC. The van der Waals surface area contributed by atoms with E-state index in [2.05, 4.69) is 17.2 Å². The van der Waals surface area contributed by atoms with E-state index in [0.717, 1.165) is 16.7 Å². The van der Waals surface area contributed by atoms with E-state index in [9.17, 15) is 14.4 Å². The molecule has 0 saturated carbocycles. The molecular formula is C31H38N2O7. The van der Waals surface area contributed by atoms with Gasteiger partial charge >= 0.3 is 5.97 Å². The summed E-state index contributed by atoms with van der Waals surface area (Å²) >= 11 is 0. The summed E-state index contributed by atoms with van der Waals surface area (Å²) in [6, 6.07) is 15.9. The largest absolute Gasteiger partial charge is 0.493 e. The van der Waals surface area contributed by atoms with Crippen LogP contribution in [0.2, 0.25) is 0 Å². The average molecular weight is 551 g/mol. The van der Waals surface area contributed by atoms with Crippen molar-refractivity contribution < 1.29 is 33.3 Å². The van der Waals surface area contributed by atoms with Gasteiger partial charge in [0.25, 0.3) is 5.91 Å². The minimum atomic E-state index is -0.983. The number of hydrogen-bond donors (Lipinski definition) is 2. The first-order chi connectivity index (χ1) is 19.1. The number of rotatable bonds is 14. The number of nitrogens with one attached hydrogen (secondary N) is 2. The predicted octanol–water partition coefficient (Wildman–Crippen LogP) is 4.38. The van der Waals surface area contributed by atoms with Gasteiger partial charge in [0.2, 0.25) is 11.7 Å². The minimum Gasteiger partial charge on any atom is -0.493 e. The van der Waals surface area contributed by atoms with Crippen molar-refractivity contribution >= 4 is 17.8 Å². The topological polar surface area (TPSA) is 112 Å². The number of ether oxygens (including phenoxy) is 4. The fraction of sp³-hybridized carbons (Fsp3) is 0.323. The molecule has 0 unspecified atom stereocenters. The van der Waals surface area contributed by atoms with Gasteiger partial charge in [-0.25, -0.2) is 0 Å². The normalized spacial score (nSPS) is 13.2. The number of hydrogen-bond acceptors (Lipinski definition) is 7. The van der Waals surface area contributed by atoms with Crippen molar-refractivity contribution in [3.05, 3.63) is 95.7 Å². The Balaban J connectivity index is 2.19. The summed E-state index contributed by atoms with van der Waals surface area (Å²) in [5.41, 5.74) is 3.10. The van der Waals surface area contributed by atoms with Gasteiger partial charge in [-0.3, -0.25) is 14.4 Å². The van der Waals surface area contributed by atoms with Gasteiger partial charge in [-0.2, -0.15) is 0 Å². The maximum absolute atomic E-state index is 13.2. The summed E-state index contributed by atoms with van der Waals surface area (Å²) in [6.45, 7) is 7.36. The van der Waals surface area contributed by atoms with Gasteiger partial charge in [0.1, 0.15) is 6.04 Å². The maximum Gasteiger partial charge on any atom is 0.308 e. The molecule has 9 heteroatoms. The standard InChI is InChI=1S/C31H38N2O7/c1-20(17-27(38-5)28(39-6)22(3)37-4)19-32-30(35)26(18-21(2)31(36)40-7)33-29(34)25-15-13-24(14-16-25)23-11-9-8-10-12-23/h8-17,21,26H,3,18-19H2,1-2,4-7H3,(H,32,35)(H,33,34)/b20-17+,28-27-/t21-,26-/m0/s1. The monoisotopic (exact) mass is 550 g/mol. The van der Waals surface area contributed by atoms with Crippen LogP contribution < -0.4 is 10.6 Å². The van der Waals surface area contributed by atoms with Crippen LogP contribution in [-0.4, -0.2) is 58.8 Å². The summed E-state index contributed by atoms with van der Waals surface area (Å²) < 4.78 is 20.7. The van der Waals surface area contributed by atoms with Crippen molar-refractivity contribution in [3.8, 4) is 11.1 Å². The second-order valence-electron chi connectivity index (χ2n) is 9.07. The van der Waals surface area contributed by atoms with Gasteiger partial charge in [-0.15, -0.1) is 0 Å². The van der Waals surface area contributed by atoms with Crippen molar-refractivity contribution in [2.24, 2.45) is 5.92 Å². The zero-order chi connectivity index (χ0) is 29.7. The Hall–Kier alpha value is -4.53. The third kappa shape index (κ3) is 9.04. The van der Waals surface area contributed by atoms with E-state index in [-0.39, 0.29) is 18.7 Å². The second kappa shape index (κ2) is 15.8. The summed E-state index contributed by atoms with van der Waals surface area (Å²) in [4.78, 5) is 38.3. The van der Waals surface area contributed by atoms with Crippen molar-refractivity contribution in [3.63, 3.8) is 0 Å². The summed E-state index contributed by atoms with van der Waals surface area (Å²) in [5.74, 6) is -1.02. The molecule has 0 fully saturated rings. The van der Waals surface area contributed by atoms with E-state index in [4.69, 9.17) is 18.9 Å². The van der Waals surface area contributed by atoms with Crippen LogP contribution in [0, 0.1) is 5.92 Å². The average Bonchev–Trinajstić information content (AvgIpc) is 2.98. The lowest BCUT2D eigenvalue weighted by molar-refractivity contribution is -0.145. The molecule has 0 aromatic heterocycles. The Morgan fingerprint density at radius 3 is 2.05 bits per heavy atom. The predicted molar refractivity (Wildman–Crippen MR) is 153 cm³/mol. The van der Waals surface area contributed by atoms with Crippen LogP contribution in [-0.2, 0) is 28.5 Å². The zero-order valence-electron chi connectivity index (χ0n) is 23.9. The van der Waals surface area contributed by atoms with Gasteiger partial charge in [0, 0.05) is 12.1 Å². The molecule has 0 aliphatic carbocycles. The van der Waals surface area contributed by atoms with Crippen LogP contribution in [0.1, 0.15) is 30.6 Å². The summed E-state index contributed by atoms with van der Waals surface area (Å²) in [7, 11) is 5.69. The molecule has 0 aliphatic rings. The highest BCUT2D eigenvalue weighted by molar-refractivity contribution is 5.98. The smallest absolute Gasteiger partial charge is 0.308 e. The first-order valence-electron chi connectivity index (χ1n) is 12.7. The molecule has 0 aliphatic heterocycles. The molecule has 2 N–H and O–H groups in total. The molecule has 2 atom stereocenters. The van der Waals surface area contributed by atoms with Crippen LogP contribution in [0.25, 0.3) is 11.1 Å². The van der Waals surface area contributed by atoms with E-state index >= 15 is 0 Å². The van der Waals surface area contributed by atoms with E-state index in [1.807, 2.05) is 42.5 Å². The molecule has 0 spiro atoms. The molecule has 0 saturated heterocycles. The van der Waals surface area contributed by atoms with Gasteiger partial charge in [-0.1, -0.05) is 61.5 Å². The van der Waals surface area contributed by atoms with Crippen LogP contribution in [0.5, 0.6) is 0 Å². The molecule has 0 heterocycles. The quantitative estimate of drug-likeness (QED) is 0.204. The first kappa shape index (κ1) is 31.7. The van der Waals surface area contributed by atoms with Gasteiger partial charge in [-0.05, 0) is 42.7 Å². The van der Waals surface area contributed by atoms with E-state index in [1.165, 1.54) is 28.4 Å². The van der Waals surface area contributed by atoms with Crippen molar-refractivity contribution in [1.29, 1.82) is 0 Å². The third-order valence-corrected chi connectivity index (χ3v) is 6.14. The molecule has 9 nitrogen and oxygen atoms in total. The van der Waals surface area contributed by atoms with Crippen LogP contribution in [0.4, 0.5) is 0 Å². The molecule has 2 aromatic carbocycles. The molecule has 0 radical (unpaired) electrons. The van der Waals surface area contributed by atoms with Crippen LogP contribution in [0.3, 0.4) is 0 Å². The Kier molecular flexibility index (Phi) is 12.5. The zero-order valence-corrected chi connectivity index (χ0v) is 23.9. The third-order valence-electron chi connectivity index (χ3n) is 6.14. The van der Waals surface area contributed by atoms with Crippen molar-refractivity contribution in [1.82, 2.24) is 10.6 Å². The molecule has 40 heavy (non-hydrogen) atoms. The molecule has 2 amide bonds. The lowest BCUT2D eigenvalue weighted by Gasteiger charge is -2.21. The number of allylic oxidation sites excluding steroid dienone is 1. The van der Waals surface area contributed by atoms with E-state index in [0.29, 0.717) is 17.1 Å². The number of methoxy groups -OCH3 is 4. The molecular weight excluding hydrogens is 512 g/mol. The molecule has 214 valence electrons. The fourth-order valence-corrected chi connectivity index (χ4v) is 3.85. The fourth-order valence-electron chi connectivity index (χ4n) is 3.85. The van der Waals surface area contributed by atoms with E-state index in [1.54, 1.807) is 32.1 Å². The lowest BCUT2D eigenvalue weighted by Crippen LogP contribution is -2.48. The molecule has 0 bridgehead atoms. The lowest BCUT2D eigenvalue weighted by atomic mass is 10.00. The first-order valence-corrected chi connectivity index (χ1v) is 12.7. The van der Waals surface area contributed by atoms with E-state index < -0.39 is 29.7 Å².